The maximum atomic E-state index is 6.39. The predicted molar refractivity (Wildman–Crippen MR) is 208 cm³/mol. The molecule has 9 aromatic rings. The molecular weight excluding hydrogens is 595 g/mol. The number of benzene rings is 7. The first-order valence-corrected chi connectivity index (χ1v) is 17.3. The highest BCUT2D eigenvalue weighted by molar-refractivity contribution is 6.14. The minimum absolute atomic E-state index is 0.0235. The Bertz CT molecular complexity index is 2720. The van der Waals surface area contributed by atoms with Crippen molar-refractivity contribution in [1.29, 1.82) is 0 Å². The van der Waals surface area contributed by atoms with Gasteiger partial charge in [-0.25, -0.2) is 0 Å². The third kappa shape index (κ3) is 4.41. The second kappa shape index (κ2) is 11.1. The molecule has 0 amide bonds. The number of H-pyrrole nitrogens is 1. The Morgan fingerprint density at radius 2 is 1.08 bits per heavy atom. The quantitative estimate of drug-likeness (QED) is 0.206. The number of aromatic nitrogens is 1. The molecule has 0 fully saturated rings. The van der Waals surface area contributed by atoms with Crippen molar-refractivity contribution in [2.24, 2.45) is 0 Å². The summed E-state index contributed by atoms with van der Waals surface area (Å²) >= 11 is 0. The zero-order valence-electron chi connectivity index (χ0n) is 28.3. The molecule has 1 aliphatic rings. The molecule has 10 rings (SSSR count). The van der Waals surface area contributed by atoms with Crippen molar-refractivity contribution >= 4 is 43.7 Å². The van der Waals surface area contributed by atoms with E-state index >= 15 is 0 Å². The topological polar surface area (TPSA) is 28.9 Å². The lowest BCUT2D eigenvalue weighted by Crippen LogP contribution is -2.14. The van der Waals surface area contributed by atoms with Crippen LogP contribution < -0.4 is 0 Å². The molecule has 1 N–H and O–H groups in total. The van der Waals surface area contributed by atoms with Gasteiger partial charge in [-0.3, -0.25) is 0 Å². The molecule has 0 radical (unpaired) electrons. The van der Waals surface area contributed by atoms with E-state index in [9.17, 15) is 0 Å². The molecule has 236 valence electrons. The number of para-hydroxylation sites is 3. The summed E-state index contributed by atoms with van der Waals surface area (Å²) in [6.45, 7) is 8.69. The maximum absolute atomic E-state index is 6.39. The lowest BCUT2D eigenvalue weighted by atomic mass is 9.81. The van der Waals surface area contributed by atoms with Crippen LogP contribution >= 0.6 is 0 Å². The van der Waals surface area contributed by atoms with Crippen LogP contribution in [0.2, 0.25) is 0 Å². The van der Waals surface area contributed by atoms with E-state index in [1.807, 2.05) is 26.0 Å². The molecule has 0 saturated carbocycles. The zero-order valence-corrected chi connectivity index (χ0v) is 28.3. The number of furan rings is 1. The van der Waals surface area contributed by atoms with Gasteiger partial charge < -0.3 is 9.40 Å². The van der Waals surface area contributed by atoms with Crippen molar-refractivity contribution in [3.63, 3.8) is 0 Å². The summed E-state index contributed by atoms with van der Waals surface area (Å²) < 4.78 is 6.39. The van der Waals surface area contributed by atoms with Crippen molar-refractivity contribution < 1.29 is 4.42 Å². The molecule has 1 aliphatic carbocycles. The van der Waals surface area contributed by atoms with Crippen LogP contribution in [0.15, 0.2) is 150 Å². The fraction of sp³-hybridized carbons (Fsp3) is 0.106. The molecule has 0 bridgehead atoms. The van der Waals surface area contributed by atoms with Crippen LogP contribution in [0.25, 0.3) is 88.3 Å². The van der Waals surface area contributed by atoms with E-state index < -0.39 is 0 Å². The van der Waals surface area contributed by atoms with Gasteiger partial charge in [0.1, 0.15) is 11.2 Å². The highest BCUT2D eigenvalue weighted by Crippen LogP contribution is 2.49. The van der Waals surface area contributed by atoms with Crippen LogP contribution in [0.1, 0.15) is 38.8 Å². The predicted octanol–water partition coefficient (Wildman–Crippen LogP) is 13.6. The van der Waals surface area contributed by atoms with Gasteiger partial charge in [0, 0.05) is 43.6 Å². The molecule has 0 aliphatic heterocycles. The SMILES string of the molecule is CC.CC1(C)c2ccccc2-c2ccc(-c3cccc(-c4cccc5c4[nH]c4ccc(-c6cccc7c6oc6ccccc67)cc45)c3)cc21. The minimum Gasteiger partial charge on any atom is -0.455 e. The highest BCUT2D eigenvalue weighted by Gasteiger charge is 2.35. The van der Waals surface area contributed by atoms with Crippen molar-refractivity contribution in [2.75, 3.05) is 0 Å². The second-order valence-corrected chi connectivity index (χ2v) is 13.4. The number of aromatic amines is 1. The lowest BCUT2D eigenvalue weighted by molar-refractivity contribution is 0.660. The number of fused-ring (bicyclic) bond motifs is 9. The normalized spacial score (nSPS) is 13.1. The van der Waals surface area contributed by atoms with Crippen LogP contribution in [0, 0.1) is 0 Å². The number of rotatable bonds is 3. The van der Waals surface area contributed by atoms with Gasteiger partial charge in [0.25, 0.3) is 0 Å². The summed E-state index contributed by atoms with van der Waals surface area (Å²) in [6.07, 6.45) is 0. The van der Waals surface area contributed by atoms with Crippen LogP contribution in [-0.2, 0) is 5.41 Å². The molecular formula is C47H37NO. The van der Waals surface area contributed by atoms with E-state index in [1.54, 1.807) is 0 Å². The summed E-state index contributed by atoms with van der Waals surface area (Å²) in [5.41, 5.74) is 16.8. The molecule has 2 heteroatoms. The Balaban J connectivity index is 0.00000160. The average molecular weight is 632 g/mol. The van der Waals surface area contributed by atoms with Gasteiger partial charge in [-0.2, -0.15) is 0 Å². The molecule has 0 saturated heterocycles. The average Bonchev–Trinajstić information content (AvgIpc) is 3.80. The van der Waals surface area contributed by atoms with Gasteiger partial charge in [-0.1, -0.05) is 143 Å². The van der Waals surface area contributed by atoms with Gasteiger partial charge in [0.05, 0.1) is 5.52 Å². The largest absolute Gasteiger partial charge is 0.455 e. The molecule has 7 aromatic carbocycles. The summed E-state index contributed by atoms with van der Waals surface area (Å²) in [5.74, 6) is 0. The first kappa shape index (κ1) is 29.3. The van der Waals surface area contributed by atoms with Crippen LogP contribution in [-0.4, -0.2) is 4.98 Å². The fourth-order valence-electron chi connectivity index (χ4n) is 8.05. The van der Waals surface area contributed by atoms with Crippen LogP contribution in [0.3, 0.4) is 0 Å². The maximum Gasteiger partial charge on any atom is 0.143 e. The zero-order chi connectivity index (χ0) is 33.3. The molecule has 2 nitrogen and oxygen atoms in total. The van der Waals surface area contributed by atoms with Gasteiger partial charge in [0.2, 0.25) is 0 Å². The van der Waals surface area contributed by atoms with Crippen molar-refractivity contribution in [3.8, 4) is 44.5 Å². The number of hydrogen-bond acceptors (Lipinski definition) is 1. The Labute approximate surface area is 286 Å². The Morgan fingerprint density at radius 1 is 0.449 bits per heavy atom. The summed E-state index contributed by atoms with van der Waals surface area (Å²) in [4.78, 5) is 3.77. The smallest absolute Gasteiger partial charge is 0.143 e. The van der Waals surface area contributed by atoms with Gasteiger partial charge in [-0.05, 0) is 74.8 Å². The standard InChI is InChI=1S/C45H31NO.C2H6/c1-45(2)39-18-5-3-12-33(39)34-22-20-28(26-40(34)45)27-10-7-11-29(24-27)31-14-8-16-36-38-25-30(21-23-41(38)46-43(31)36)32-15-9-17-37-35-13-4-6-19-42(35)47-44(32)37;1-2/h3-26,46H,1-2H3;1-2H3. The van der Waals surface area contributed by atoms with E-state index in [4.69, 9.17) is 4.42 Å². The van der Waals surface area contributed by atoms with Gasteiger partial charge >= 0.3 is 0 Å². The summed E-state index contributed by atoms with van der Waals surface area (Å²) in [7, 11) is 0. The highest BCUT2D eigenvalue weighted by atomic mass is 16.3. The molecule has 2 aromatic heterocycles. The molecule has 2 heterocycles. The van der Waals surface area contributed by atoms with E-state index in [2.05, 4.69) is 152 Å². The number of hydrogen-bond donors (Lipinski definition) is 1. The first-order chi connectivity index (χ1) is 24.0. The molecule has 0 unspecified atom stereocenters. The second-order valence-electron chi connectivity index (χ2n) is 13.4. The first-order valence-electron chi connectivity index (χ1n) is 17.3. The van der Waals surface area contributed by atoms with E-state index in [1.165, 1.54) is 55.3 Å². The lowest BCUT2D eigenvalue weighted by Gasteiger charge is -2.22. The van der Waals surface area contributed by atoms with Gasteiger partial charge in [-0.15, -0.1) is 0 Å². The summed E-state index contributed by atoms with van der Waals surface area (Å²) in [5, 5.41) is 4.73. The molecule has 0 atom stereocenters. The van der Waals surface area contributed by atoms with Crippen LogP contribution in [0.4, 0.5) is 0 Å². The monoisotopic (exact) mass is 631 g/mol. The third-order valence-electron chi connectivity index (χ3n) is 10.4. The Morgan fingerprint density at radius 3 is 1.98 bits per heavy atom. The van der Waals surface area contributed by atoms with E-state index in [0.717, 1.165) is 44.1 Å². The minimum atomic E-state index is -0.0235. The fourth-order valence-corrected chi connectivity index (χ4v) is 8.05. The van der Waals surface area contributed by atoms with Crippen molar-refractivity contribution in [1.82, 2.24) is 4.98 Å². The van der Waals surface area contributed by atoms with Crippen LogP contribution in [0.5, 0.6) is 0 Å². The van der Waals surface area contributed by atoms with Gasteiger partial charge in [0.15, 0.2) is 0 Å². The van der Waals surface area contributed by atoms with Crippen molar-refractivity contribution in [2.45, 2.75) is 33.1 Å². The third-order valence-corrected chi connectivity index (χ3v) is 10.4. The Hall–Kier alpha value is -5.86. The van der Waals surface area contributed by atoms with Crippen molar-refractivity contribution in [3.05, 3.63) is 157 Å². The van der Waals surface area contributed by atoms with E-state index in [-0.39, 0.29) is 5.41 Å². The Kier molecular flexibility index (Phi) is 6.64. The summed E-state index contributed by atoms with van der Waals surface area (Å²) in [6, 6.07) is 52.9. The number of nitrogens with one attached hydrogen (secondary N) is 1. The van der Waals surface area contributed by atoms with E-state index in [0.29, 0.717) is 0 Å². The molecule has 0 spiro atoms. The molecule has 49 heavy (non-hydrogen) atoms.